The number of hydrogen-bond acceptors (Lipinski definition) is 3. The highest BCUT2D eigenvalue weighted by molar-refractivity contribution is 6.30. The lowest BCUT2D eigenvalue weighted by Gasteiger charge is -2.50. The van der Waals surface area contributed by atoms with Crippen molar-refractivity contribution in [1.29, 1.82) is 0 Å². The fourth-order valence-corrected chi connectivity index (χ4v) is 4.70. The molecule has 0 saturated carbocycles. The lowest BCUT2D eigenvalue weighted by molar-refractivity contribution is -0.162. The van der Waals surface area contributed by atoms with E-state index in [4.69, 9.17) is 11.6 Å². The fraction of sp³-hybridized carbons (Fsp3) is 0.409. The van der Waals surface area contributed by atoms with E-state index in [2.05, 4.69) is 5.32 Å². The molecule has 1 amide bonds. The van der Waals surface area contributed by atoms with Gasteiger partial charge in [0, 0.05) is 18.1 Å². The summed E-state index contributed by atoms with van der Waals surface area (Å²) in [6.45, 7) is 2.04. The molecular formula is C22H25ClN2O2. The van der Waals surface area contributed by atoms with Crippen LogP contribution in [0.15, 0.2) is 54.6 Å². The monoisotopic (exact) mass is 384 g/mol. The molecule has 0 aromatic heterocycles. The topological polar surface area (TPSA) is 52.6 Å². The van der Waals surface area contributed by atoms with Crippen LogP contribution in [0.3, 0.4) is 0 Å². The highest BCUT2D eigenvalue weighted by atomic mass is 35.5. The molecule has 0 radical (unpaired) electrons. The third-order valence-electron chi connectivity index (χ3n) is 5.89. The predicted octanol–water partition coefficient (Wildman–Crippen LogP) is 3.54. The van der Waals surface area contributed by atoms with E-state index in [0.29, 0.717) is 24.5 Å². The molecule has 2 saturated heterocycles. The van der Waals surface area contributed by atoms with E-state index in [9.17, 15) is 9.90 Å². The van der Waals surface area contributed by atoms with E-state index in [1.54, 1.807) is 0 Å². The molecule has 0 unspecified atom stereocenters. The molecule has 4 rings (SSSR count). The van der Waals surface area contributed by atoms with E-state index < -0.39 is 11.5 Å². The van der Waals surface area contributed by atoms with Crippen LogP contribution < -0.4 is 5.32 Å². The summed E-state index contributed by atoms with van der Waals surface area (Å²) in [7, 11) is 0. The Morgan fingerprint density at radius 2 is 1.89 bits per heavy atom. The van der Waals surface area contributed by atoms with Gasteiger partial charge < -0.3 is 15.3 Å². The first-order valence-electron chi connectivity index (χ1n) is 9.58. The van der Waals surface area contributed by atoms with Gasteiger partial charge in [-0.2, -0.15) is 0 Å². The maximum Gasteiger partial charge on any atom is 0.231 e. The van der Waals surface area contributed by atoms with Gasteiger partial charge in [-0.3, -0.25) is 4.79 Å². The second-order valence-electron chi connectivity index (χ2n) is 7.75. The van der Waals surface area contributed by atoms with Crippen molar-refractivity contribution in [2.45, 2.75) is 38.0 Å². The summed E-state index contributed by atoms with van der Waals surface area (Å²) in [6.07, 6.45) is 1.71. The quantitative estimate of drug-likeness (QED) is 0.850. The molecule has 4 nitrogen and oxygen atoms in total. The summed E-state index contributed by atoms with van der Waals surface area (Å²) in [4.78, 5) is 15.5. The highest BCUT2D eigenvalue weighted by Crippen LogP contribution is 2.45. The average molecular weight is 385 g/mol. The Bertz CT molecular complexity index is 788. The minimum absolute atomic E-state index is 0.142. The molecule has 142 valence electrons. The lowest BCUT2D eigenvalue weighted by Crippen LogP contribution is -2.59. The van der Waals surface area contributed by atoms with E-state index in [1.165, 1.54) is 0 Å². The Morgan fingerprint density at radius 1 is 1.15 bits per heavy atom. The van der Waals surface area contributed by atoms with E-state index >= 15 is 0 Å². The van der Waals surface area contributed by atoms with Crippen molar-refractivity contribution in [3.63, 3.8) is 0 Å². The first-order chi connectivity index (χ1) is 13.1. The molecule has 2 aliphatic heterocycles. The molecule has 2 aromatic carbocycles. The molecule has 2 aliphatic rings. The number of rotatable bonds is 3. The number of hydrogen-bond donors (Lipinski definition) is 2. The van der Waals surface area contributed by atoms with Crippen molar-refractivity contribution in [1.82, 2.24) is 10.2 Å². The van der Waals surface area contributed by atoms with Crippen molar-refractivity contribution in [3.05, 3.63) is 70.7 Å². The predicted molar refractivity (Wildman–Crippen MR) is 106 cm³/mol. The van der Waals surface area contributed by atoms with Crippen LogP contribution in [0.1, 0.15) is 36.4 Å². The van der Waals surface area contributed by atoms with Gasteiger partial charge >= 0.3 is 0 Å². The first kappa shape index (κ1) is 18.5. The largest absolute Gasteiger partial charge is 0.391 e. The Balaban J connectivity index is 1.71. The van der Waals surface area contributed by atoms with E-state index in [-0.39, 0.29) is 11.9 Å². The standard InChI is InChI=1S/C22H25ClN2O2/c23-18-9-7-16(8-10-18)14-25-20(17-5-2-1-3-6-17)19(26)13-22(21(25)27)11-4-12-24-15-22/h1-3,5-10,19-20,24,26H,4,11-15H2/t19-,20+,22+/m1/s1. The van der Waals surface area contributed by atoms with Crippen LogP contribution in [-0.4, -0.2) is 35.1 Å². The summed E-state index contributed by atoms with van der Waals surface area (Å²) >= 11 is 6.02. The molecule has 2 N–H and O–H groups in total. The van der Waals surface area contributed by atoms with Crippen molar-refractivity contribution >= 4 is 17.5 Å². The molecule has 27 heavy (non-hydrogen) atoms. The summed E-state index contributed by atoms with van der Waals surface area (Å²) in [5, 5.41) is 15.2. The van der Waals surface area contributed by atoms with Crippen LogP contribution in [0.2, 0.25) is 5.02 Å². The zero-order valence-electron chi connectivity index (χ0n) is 15.3. The van der Waals surface area contributed by atoms with Gasteiger partial charge in [0.25, 0.3) is 0 Å². The fourth-order valence-electron chi connectivity index (χ4n) is 4.57. The number of aliphatic hydroxyl groups is 1. The molecule has 2 heterocycles. The number of likely N-dealkylation sites (tertiary alicyclic amines) is 1. The van der Waals surface area contributed by atoms with Crippen molar-refractivity contribution in [2.24, 2.45) is 5.41 Å². The number of carbonyl (C=O) groups excluding carboxylic acids is 1. The number of benzene rings is 2. The second-order valence-corrected chi connectivity index (χ2v) is 8.18. The first-order valence-corrected chi connectivity index (χ1v) is 9.96. The third kappa shape index (κ3) is 3.62. The number of amides is 1. The van der Waals surface area contributed by atoms with Crippen molar-refractivity contribution in [3.8, 4) is 0 Å². The Hall–Kier alpha value is -1.88. The molecule has 5 heteroatoms. The van der Waals surface area contributed by atoms with Crippen LogP contribution >= 0.6 is 11.6 Å². The lowest BCUT2D eigenvalue weighted by atomic mass is 9.70. The zero-order chi connectivity index (χ0) is 18.9. The van der Waals surface area contributed by atoms with E-state index in [1.807, 2.05) is 59.5 Å². The van der Waals surface area contributed by atoms with Gasteiger partial charge in [0.1, 0.15) is 0 Å². The van der Waals surface area contributed by atoms with Crippen molar-refractivity contribution < 1.29 is 9.90 Å². The number of nitrogens with one attached hydrogen (secondary N) is 1. The van der Waals surface area contributed by atoms with Gasteiger partial charge in [0.15, 0.2) is 0 Å². The molecule has 2 aromatic rings. The second kappa shape index (κ2) is 7.63. The summed E-state index contributed by atoms with van der Waals surface area (Å²) < 4.78 is 0. The minimum Gasteiger partial charge on any atom is -0.391 e. The van der Waals surface area contributed by atoms with Crippen LogP contribution in [0.4, 0.5) is 0 Å². The van der Waals surface area contributed by atoms with Gasteiger partial charge in [0.05, 0.1) is 17.6 Å². The maximum absolute atomic E-state index is 13.7. The SMILES string of the molecule is O=C1N(Cc2ccc(Cl)cc2)[C@@H](c2ccccc2)[C@H](O)C[C@]12CCCNC2. The zero-order valence-corrected chi connectivity index (χ0v) is 16.0. The Kier molecular flexibility index (Phi) is 5.22. The number of piperidine rings is 2. The van der Waals surface area contributed by atoms with Crippen LogP contribution in [0.25, 0.3) is 0 Å². The molecule has 3 atom stereocenters. The maximum atomic E-state index is 13.7. The molecule has 0 aliphatic carbocycles. The summed E-state index contributed by atoms with van der Waals surface area (Å²) in [5.41, 5.74) is 1.49. The average Bonchev–Trinajstić information content (AvgIpc) is 2.69. The third-order valence-corrected chi connectivity index (χ3v) is 6.15. The van der Waals surface area contributed by atoms with Crippen LogP contribution in [0, 0.1) is 5.41 Å². The highest BCUT2D eigenvalue weighted by Gasteiger charge is 2.51. The van der Waals surface area contributed by atoms with E-state index in [0.717, 1.165) is 30.5 Å². The summed E-state index contributed by atoms with van der Waals surface area (Å²) in [5.74, 6) is 0.142. The van der Waals surface area contributed by atoms with Gasteiger partial charge in [0.2, 0.25) is 5.91 Å². The molecule has 0 bridgehead atoms. The van der Waals surface area contributed by atoms with Gasteiger partial charge in [-0.05, 0) is 49.1 Å². The van der Waals surface area contributed by atoms with Gasteiger partial charge in [-0.1, -0.05) is 54.1 Å². The van der Waals surface area contributed by atoms with Gasteiger partial charge in [-0.15, -0.1) is 0 Å². The smallest absolute Gasteiger partial charge is 0.231 e. The number of carbonyl (C=O) groups is 1. The Labute approximate surface area is 165 Å². The number of aliphatic hydroxyl groups excluding tert-OH is 1. The molecule has 1 spiro atoms. The minimum atomic E-state index is -0.586. The molecular weight excluding hydrogens is 360 g/mol. The van der Waals surface area contributed by atoms with Crippen LogP contribution in [-0.2, 0) is 11.3 Å². The normalized spacial score (nSPS) is 28.5. The number of nitrogens with zero attached hydrogens (tertiary/aromatic N) is 1. The van der Waals surface area contributed by atoms with Crippen LogP contribution in [0.5, 0.6) is 0 Å². The van der Waals surface area contributed by atoms with Gasteiger partial charge in [-0.25, -0.2) is 0 Å². The number of halogens is 1. The van der Waals surface area contributed by atoms with Crippen molar-refractivity contribution in [2.75, 3.05) is 13.1 Å². The summed E-state index contributed by atoms with van der Waals surface area (Å²) in [6, 6.07) is 17.1. The molecule has 2 fully saturated rings. The Morgan fingerprint density at radius 3 is 2.56 bits per heavy atom.